The van der Waals surface area contributed by atoms with E-state index in [1.165, 1.54) is 25.3 Å². The monoisotopic (exact) mass is 303 g/mol. The number of carbonyl (C=O) groups is 1. The van der Waals surface area contributed by atoms with Crippen molar-refractivity contribution >= 4 is 5.91 Å². The van der Waals surface area contributed by atoms with Crippen molar-refractivity contribution in [3.8, 4) is 0 Å². The van der Waals surface area contributed by atoms with Gasteiger partial charge in [0.05, 0.1) is 11.7 Å². The molecule has 0 unspecified atom stereocenters. The van der Waals surface area contributed by atoms with Gasteiger partial charge in [-0.2, -0.15) is 13.2 Å². The van der Waals surface area contributed by atoms with Crippen molar-refractivity contribution in [3.05, 3.63) is 35.4 Å². The molecule has 2 N–H and O–H groups in total. The standard InChI is InChI=1S/C14H16F3NO3/c1-21-12(13(20)18-8-6-9(19)7-8)10-4-2-3-5-11(10)14(15,16)17/h2-5,8-9,12,19H,6-7H2,1H3,(H,18,20)/t8?,9?,12-/m1/s1. The van der Waals surface area contributed by atoms with Crippen molar-refractivity contribution in [1.82, 2.24) is 5.32 Å². The number of aliphatic hydroxyl groups is 1. The number of hydrogen-bond donors (Lipinski definition) is 2. The van der Waals surface area contributed by atoms with Crippen LogP contribution < -0.4 is 5.32 Å². The number of methoxy groups -OCH3 is 1. The fraction of sp³-hybridized carbons (Fsp3) is 0.500. The van der Waals surface area contributed by atoms with Crippen LogP contribution in [0.5, 0.6) is 0 Å². The van der Waals surface area contributed by atoms with Gasteiger partial charge in [0.25, 0.3) is 5.91 Å². The average Bonchev–Trinajstić information content (AvgIpc) is 2.37. The molecule has 1 saturated carbocycles. The second-order valence-electron chi connectivity index (χ2n) is 5.03. The molecule has 0 heterocycles. The summed E-state index contributed by atoms with van der Waals surface area (Å²) in [6, 6.07) is 4.62. The molecule has 0 saturated heterocycles. The van der Waals surface area contributed by atoms with Gasteiger partial charge in [0, 0.05) is 18.7 Å². The third-order valence-electron chi connectivity index (χ3n) is 3.48. The van der Waals surface area contributed by atoms with Crippen molar-refractivity contribution in [2.45, 2.75) is 37.3 Å². The lowest BCUT2D eigenvalue weighted by molar-refractivity contribution is -0.141. The lowest BCUT2D eigenvalue weighted by Crippen LogP contribution is -2.48. The lowest BCUT2D eigenvalue weighted by atomic mass is 9.89. The van der Waals surface area contributed by atoms with Crippen molar-refractivity contribution in [3.63, 3.8) is 0 Å². The van der Waals surface area contributed by atoms with Crippen LogP contribution in [0.3, 0.4) is 0 Å². The van der Waals surface area contributed by atoms with E-state index in [0.29, 0.717) is 12.8 Å². The molecule has 1 aliphatic rings. The molecular formula is C14H16F3NO3. The Bertz CT molecular complexity index is 512. The molecule has 1 atom stereocenters. The van der Waals surface area contributed by atoms with Crippen LogP contribution >= 0.6 is 0 Å². The van der Waals surface area contributed by atoms with Gasteiger partial charge in [-0.3, -0.25) is 4.79 Å². The van der Waals surface area contributed by atoms with E-state index in [1.807, 2.05) is 0 Å². The van der Waals surface area contributed by atoms with Crippen LogP contribution in [0, 0.1) is 0 Å². The van der Waals surface area contributed by atoms with Crippen molar-refractivity contribution in [2.24, 2.45) is 0 Å². The van der Waals surface area contributed by atoms with E-state index in [4.69, 9.17) is 9.84 Å². The Balaban J connectivity index is 2.19. The summed E-state index contributed by atoms with van der Waals surface area (Å²) in [7, 11) is 1.19. The molecule has 21 heavy (non-hydrogen) atoms. The normalized spacial score (nSPS) is 23.3. The van der Waals surface area contributed by atoms with Gasteiger partial charge in [-0.25, -0.2) is 0 Å². The highest BCUT2D eigenvalue weighted by Crippen LogP contribution is 2.35. The number of benzene rings is 1. The molecule has 0 aromatic heterocycles. The predicted molar refractivity (Wildman–Crippen MR) is 68.4 cm³/mol. The molecule has 1 amide bonds. The number of hydrogen-bond acceptors (Lipinski definition) is 3. The minimum Gasteiger partial charge on any atom is -0.393 e. The van der Waals surface area contributed by atoms with Gasteiger partial charge >= 0.3 is 6.18 Å². The Morgan fingerprint density at radius 2 is 2.00 bits per heavy atom. The van der Waals surface area contributed by atoms with Gasteiger partial charge in [-0.15, -0.1) is 0 Å². The summed E-state index contributed by atoms with van der Waals surface area (Å²) in [5.74, 6) is -0.633. The Kier molecular flexibility index (Phi) is 4.53. The van der Waals surface area contributed by atoms with Crippen LogP contribution in [0.1, 0.15) is 30.1 Å². The van der Waals surface area contributed by atoms with Crippen molar-refractivity contribution in [2.75, 3.05) is 7.11 Å². The number of rotatable bonds is 4. The fourth-order valence-corrected chi connectivity index (χ4v) is 2.34. The summed E-state index contributed by atoms with van der Waals surface area (Å²) >= 11 is 0. The summed E-state index contributed by atoms with van der Waals surface area (Å²) in [6.07, 6.45) is -5.54. The Hall–Kier alpha value is -1.60. The van der Waals surface area contributed by atoms with Crippen LogP contribution in [0.2, 0.25) is 0 Å². The number of ether oxygens (including phenoxy) is 1. The number of nitrogens with one attached hydrogen (secondary N) is 1. The van der Waals surface area contributed by atoms with Crippen LogP contribution in [-0.4, -0.2) is 30.3 Å². The van der Waals surface area contributed by atoms with Crippen molar-refractivity contribution in [1.29, 1.82) is 0 Å². The molecule has 1 aromatic rings. The first kappa shape index (κ1) is 15.8. The molecular weight excluding hydrogens is 287 g/mol. The number of alkyl halides is 3. The highest BCUT2D eigenvalue weighted by Gasteiger charge is 2.38. The minimum atomic E-state index is -4.56. The Labute approximate surface area is 119 Å². The van der Waals surface area contributed by atoms with Crippen LogP contribution in [-0.2, 0) is 15.7 Å². The van der Waals surface area contributed by atoms with Crippen LogP contribution in [0.4, 0.5) is 13.2 Å². The fourth-order valence-electron chi connectivity index (χ4n) is 2.34. The van der Waals surface area contributed by atoms with Gasteiger partial charge in [0.2, 0.25) is 0 Å². The summed E-state index contributed by atoms with van der Waals surface area (Å²) in [6.45, 7) is 0. The second-order valence-corrected chi connectivity index (χ2v) is 5.03. The summed E-state index contributed by atoms with van der Waals surface area (Å²) in [4.78, 5) is 12.1. The van der Waals surface area contributed by atoms with E-state index >= 15 is 0 Å². The minimum absolute atomic E-state index is 0.218. The van der Waals surface area contributed by atoms with E-state index in [0.717, 1.165) is 6.07 Å². The van der Waals surface area contributed by atoms with Gasteiger partial charge in [0.15, 0.2) is 6.10 Å². The van der Waals surface area contributed by atoms with E-state index < -0.39 is 29.9 Å². The predicted octanol–water partition coefficient (Wildman–Crippen LogP) is 2.03. The Morgan fingerprint density at radius 3 is 2.52 bits per heavy atom. The van der Waals surface area contributed by atoms with Crippen LogP contribution in [0.15, 0.2) is 24.3 Å². The van der Waals surface area contributed by atoms with Crippen molar-refractivity contribution < 1.29 is 27.8 Å². The largest absolute Gasteiger partial charge is 0.416 e. The molecule has 1 aliphatic carbocycles. The molecule has 0 aliphatic heterocycles. The number of halogens is 3. The first-order chi connectivity index (χ1) is 9.82. The molecule has 2 rings (SSSR count). The number of amides is 1. The highest BCUT2D eigenvalue weighted by molar-refractivity contribution is 5.83. The first-order valence-corrected chi connectivity index (χ1v) is 6.50. The summed E-state index contributed by atoms with van der Waals surface area (Å²) in [5, 5.41) is 11.7. The topological polar surface area (TPSA) is 58.6 Å². The molecule has 4 nitrogen and oxygen atoms in total. The number of aliphatic hydroxyl groups excluding tert-OH is 1. The molecule has 0 bridgehead atoms. The smallest absolute Gasteiger partial charge is 0.393 e. The van der Waals surface area contributed by atoms with Gasteiger partial charge < -0.3 is 15.2 Å². The number of carbonyl (C=O) groups excluding carboxylic acids is 1. The van der Waals surface area contributed by atoms with E-state index in [9.17, 15) is 18.0 Å². The molecule has 1 fully saturated rings. The van der Waals surface area contributed by atoms with Crippen LogP contribution in [0.25, 0.3) is 0 Å². The molecule has 7 heteroatoms. The average molecular weight is 303 g/mol. The first-order valence-electron chi connectivity index (χ1n) is 6.50. The van der Waals surface area contributed by atoms with Gasteiger partial charge in [-0.05, 0) is 18.9 Å². The van der Waals surface area contributed by atoms with Gasteiger partial charge in [0.1, 0.15) is 0 Å². The quantitative estimate of drug-likeness (QED) is 0.895. The van der Waals surface area contributed by atoms with E-state index in [-0.39, 0.29) is 11.6 Å². The molecule has 1 aromatic carbocycles. The lowest BCUT2D eigenvalue weighted by Gasteiger charge is -2.33. The summed E-state index contributed by atoms with van der Waals surface area (Å²) in [5.41, 5.74) is -1.11. The maximum atomic E-state index is 13.0. The maximum absolute atomic E-state index is 13.0. The molecule has 116 valence electrons. The molecule has 0 radical (unpaired) electrons. The third-order valence-corrected chi connectivity index (χ3v) is 3.48. The SMILES string of the molecule is CO[C@@H](C(=O)NC1CC(O)C1)c1ccccc1C(F)(F)F. The summed E-state index contributed by atoms with van der Waals surface area (Å²) < 4.78 is 43.9. The van der Waals surface area contributed by atoms with Gasteiger partial charge in [-0.1, -0.05) is 18.2 Å². The van der Waals surface area contributed by atoms with E-state index in [1.54, 1.807) is 0 Å². The second kappa shape index (κ2) is 6.03. The zero-order chi connectivity index (χ0) is 15.6. The third kappa shape index (κ3) is 3.54. The zero-order valence-electron chi connectivity index (χ0n) is 11.4. The highest BCUT2D eigenvalue weighted by atomic mass is 19.4. The van der Waals surface area contributed by atoms with E-state index in [2.05, 4.69) is 5.32 Å². The Morgan fingerprint density at radius 1 is 1.38 bits per heavy atom. The maximum Gasteiger partial charge on any atom is 0.416 e. The zero-order valence-corrected chi connectivity index (χ0v) is 11.4. The molecule has 0 spiro atoms.